The third-order valence-electron chi connectivity index (χ3n) is 3.31. The first-order valence-corrected chi connectivity index (χ1v) is 7.11. The van der Waals surface area contributed by atoms with Gasteiger partial charge in [0.1, 0.15) is 0 Å². The fourth-order valence-electron chi connectivity index (χ4n) is 2.37. The first-order chi connectivity index (χ1) is 8.34. The molecule has 0 radical (unpaired) electrons. The molecular formula is C13H32N4. The van der Waals surface area contributed by atoms with Crippen molar-refractivity contribution in [3.05, 3.63) is 0 Å². The molecule has 0 spiro atoms. The molecule has 2 aliphatic rings. The summed E-state index contributed by atoms with van der Waals surface area (Å²) in [6, 6.07) is 0.470. The Morgan fingerprint density at radius 3 is 2.18 bits per heavy atom. The van der Waals surface area contributed by atoms with E-state index in [1.807, 2.05) is 13.8 Å². The summed E-state index contributed by atoms with van der Waals surface area (Å²) in [6.07, 6.45) is 3.75. The van der Waals surface area contributed by atoms with Crippen molar-refractivity contribution in [2.45, 2.75) is 39.2 Å². The fraction of sp³-hybridized carbons (Fsp3) is 1.00. The Morgan fingerprint density at radius 1 is 1.12 bits per heavy atom. The Hall–Kier alpha value is -0.160. The number of hydrogen-bond acceptors (Lipinski definition) is 4. The molecule has 0 aromatic carbocycles. The number of hydrogen-bond donors (Lipinski definition) is 3. The molecule has 2 fully saturated rings. The second-order valence-electron chi connectivity index (χ2n) is 4.50. The topological polar surface area (TPSA) is 67.3 Å². The maximum atomic E-state index is 5.87. The zero-order valence-corrected chi connectivity index (χ0v) is 11.9. The zero-order chi connectivity index (χ0) is 13.1. The molecule has 17 heavy (non-hydrogen) atoms. The maximum absolute atomic E-state index is 5.87. The molecular weight excluding hydrogens is 212 g/mol. The summed E-state index contributed by atoms with van der Waals surface area (Å²) < 4.78 is 0. The smallest absolute Gasteiger partial charge is 0.00631 e. The molecule has 0 aliphatic carbocycles. The number of nitrogens with two attached hydrogens (primary N) is 2. The predicted octanol–water partition coefficient (Wildman–Crippen LogP) is 0.620. The molecule has 2 aliphatic heterocycles. The van der Waals surface area contributed by atoms with E-state index < -0.39 is 0 Å². The van der Waals surface area contributed by atoms with Crippen LogP contribution in [0.4, 0.5) is 0 Å². The summed E-state index contributed by atoms with van der Waals surface area (Å²) in [5, 5.41) is 3.42. The molecule has 2 saturated heterocycles. The van der Waals surface area contributed by atoms with E-state index in [0.717, 1.165) is 5.92 Å². The van der Waals surface area contributed by atoms with Crippen LogP contribution in [0.15, 0.2) is 0 Å². The van der Waals surface area contributed by atoms with E-state index >= 15 is 0 Å². The lowest BCUT2D eigenvalue weighted by Gasteiger charge is -2.31. The van der Waals surface area contributed by atoms with Gasteiger partial charge in [0.25, 0.3) is 0 Å². The molecule has 2 rings (SSSR count). The molecule has 0 aromatic rings. The first kappa shape index (κ1) is 16.8. The van der Waals surface area contributed by atoms with Gasteiger partial charge in [0, 0.05) is 12.6 Å². The monoisotopic (exact) mass is 244 g/mol. The Kier molecular flexibility index (Phi) is 10.9. The molecule has 0 amide bonds. The van der Waals surface area contributed by atoms with Crippen molar-refractivity contribution >= 4 is 0 Å². The summed E-state index contributed by atoms with van der Waals surface area (Å²) >= 11 is 0. The van der Waals surface area contributed by atoms with Crippen LogP contribution < -0.4 is 16.8 Å². The lowest BCUT2D eigenvalue weighted by atomic mass is 10.0. The van der Waals surface area contributed by atoms with Crippen LogP contribution in [0.2, 0.25) is 0 Å². The fourth-order valence-corrected chi connectivity index (χ4v) is 2.37. The SMILES string of the molecule is CC.CN.NC1CCN(CC2CCNC2)CC1. The summed E-state index contributed by atoms with van der Waals surface area (Å²) in [5.41, 5.74) is 10.4. The molecule has 0 aromatic heterocycles. The van der Waals surface area contributed by atoms with Crippen LogP contribution in [0.1, 0.15) is 33.1 Å². The van der Waals surface area contributed by atoms with Crippen molar-refractivity contribution in [1.82, 2.24) is 10.2 Å². The highest BCUT2D eigenvalue weighted by Gasteiger charge is 2.21. The van der Waals surface area contributed by atoms with E-state index in [9.17, 15) is 0 Å². The zero-order valence-electron chi connectivity index (χ0n) is 11.9. The molecule has 1 unspecified atom stereocenters. The van der Waals surface area contributed by atoms with Crippen LogP contribution in [0.25, 0.3) is 0 Å². The molecule has 1 atom stereocenters. The average Bonchev–Trinajstić information content (AvgIpc) is 2.90. The maximum Gasteiger partial charge on any atom is 0.00631 e. The lowest BCUT2D eigenvalue weighted by molar-refractivity contribution is 0.188. The largest absolute Gasteiger partial charge is 0.333 e. The van der Waals surface area contributed by atoms with Crippen LogP contribution in [-0.4, -0.2) is 50.7 Å². The van der Waals surface area contributed by atoms with Gasteiger partial charge in [-0.15, -0.1) is 0 Å². The van der Waals surface area contributed by atoms with Gasteiger partial charge in [-0.3, -0.25) is 0 Å². The Labute approximate surface area is 107 Å². The molecule has 4 heteroatoms. The van der Waals surface area contributed by atoms with Crippen molar-refractivity contribution in [3.63, 3.8) is 0 Å². The normalized spacial score (nSPS) is 25.6. The summed E-state index contributed by atoms with van der Waals surface area (Å²) in [7, 11) is 1.50. The molecule has 4 nitrogen and oxygen atoms in total. The summed E-state index contributed by atoms with van der Waals surface area (Å²) in [4.78, 5) is 2.58. The highest BCUT2D eigenvalue weighted by Crippen LogP contribution is 2.14. The molecule has 0 bridgehead atoms. The summed E-state index contributed by atoms with van der Waals surface area (Å²) in [5.74, 6) is 0.898. The van der Waals surface area contributed by atoms with Crippen LogP contribution in [0.3, 0.4) is 0 Å². The van der Waals surface area contributed by atoms with E-state index in [0.29, 0.717) is 6.04 Å². The van der Waals surface area contributed by atoms with Crippen molar-refractivity contribution in [3.8, 4) is 0 Å². The number of nitrogens with one attached hydrogen (secondary N) is 1. The number of likely N-dealkylation sites (tertiary alicyclic amines) is 1. The predicted molar refractivity (Wildman–Crippen MR) is 76.1 cm³/mol. The lowest BCUT2D eigenvalue weighted by Crippen LogP contribution is -2.42. The van der Waals surface area contributed by atoms with Crippen molar-refractivity contribution in [1.29, 1.82) is 0 Å². The third kappa shape index (κ3) is 6.99. The standard InChI is InChI=1S/C10H21N3.C2H6.CH5N/c11-10-2-5-13(6-3-10)8-9-1-4-12-7-9;2*1-2/h9-10,12H,1-8,11H2;1-2H3;2H2,1H3. The van der Waals surface area contributed by atoms with E-state index in [-0.39, 0.29) is 0 Å². The number of piperidine rings is 1. The minimum absolute atomic E-state index is 0.470. The average molecular weight is 244 g/mol. The Bertz CT molecular complexity index is 149. The second kappa shape index (κ2) is 11.0. The van der Waals surface area contributed by atoms with E-state index in [1.165, 1.54) is 59.0 Å². The highest BCUT2D eigenvalue weighted by atomic mass is 15.1. The number of nitrogens with zero attached hydrogens (tertiary/aromatic N) is 1. The molecule has 2 heterocycles. The molecule has 5 N–H and O–H groups in total. The Morgan fingerprint density at radius 2 is 1.71 bits per heavy atom. The molecule has 0 saturated carbocycles. The van der Waals surface area contributed by atoms with Gasteiger partial charge in [0.15, 0.2) is 0 Å². The minimum Gasteiger partial charge on any atom is -0.333 e. The van der Waals surface area contributed by atoms with Gasteiger partial charge in [-0.05, 0) is 58.4 Å². The van der Waals surface area contributed by atoms with Crippen molar-refractivity contribution in [2.24, 2.45) is 17.4 Å². The van der Waals surface area contributed by atoms with Crippen molar-refractivity contribution in [2.75, 3.05) is 39.8 Å². The van der Waals surface area contributed by atoms with Gasteiger partial charge in [-0.2, -0.15) is 0 Å². The van der Waals surface area contributed by atoms with Crippen LogP contribution >= 0.6 is 0 Å². The van der Waals surface area contributed by atoms with E-state index in [2.05, 4.69) is 16.0 Å². The minimum atomic E-state index is 0.470. The van der Waals surface area contributed by atoms with Gasteiger partial charge in [-0.25, -0.2) is 0 Å². The second-order valence-corrected chi connectivity index (χ2v) is 4.50. The van der Waals surface area contributed by atoms with Gasteiger partial charge < -0.3 is 21.7 Å². The quantitative estimate of drug-likeness (QED) is 0.666. The van der Waals surface area contributed by atoms with Gasteiger partial charge in [-0.1, -0.05) is 13.8 Å². The van der Waals surface area contributed by atoms with Gasteiger partial charge >= 0.3 is 0 Å². The van der Waals surface area contributed by atoms with Gasteiger partial charge in [0.05, 0.1) is 0 Å². The van der Waals surface area contributed by atoms with Crippen LogP contribution in [0.5, 0.6) is 0 Å². The number of rotatable bonds is 2. The van der Waals surface area contributed by atoms with Crippen LogP contribution in [-0.2, 0) is 0 Å². The first-order valence-electron chi connectivity index (χ1n) is 7.11. The van der Waals surface area contributed by atoms with Crippen molar-refractivity contribution < 1.29 is 0 Å². The Balaban J connectivity index is 0.000000581. The van der Waals surface area contributed by atoms with Crippen LogP contribution in [0, 0.1) is 5.92 Å². The van der Waals surface area contributed by atoms with Gasteiger partial charge in [0.2, 0.25) is 0 Å². The molecule has 104 valence electrons. The summed E-state index contributed by atoms with van der Waals surface area (Å²) in [6.45, 7) is 10.2. The highest BCUT2D eigenvalue weighted by molar-refractivity contribution is 4.79. The van der Waals surface area contributed by atoms with E-state index in [1.54, 1.807) is 0 Å². The third-order valence-corrected chi connectivity index (χ3v) is 3.31. The van der Waals surface area contributed by atoms with E-state index in [4.69, 9.17) is 5.73 Å².